The van der Waals surface area contributed by atoms with Crippen LogP contribution in [0.2, 0.25) is 0 Å². The van der Waals surface area contributed by atoms with E-state index in [-0.39, 0.29) is 5.69 Å². The lowest BCUT2D eigenvalue weighted by Gasteiger charge is -2.13. The fraction of sp³-hybridized carbons (Fsp3) is 0.400. The fourth-order valence-electron chi connectivity index (χ4n) is 1.13. The number of halogens is 1. The molecule has 0 aromatic heterocycles. The molecular formula is C10H14BrN3O2. The zero-order chi connectivity index (χ0) is 12.1. The van der Waals surface area contributed by atoms with Crippen LogP contribution in [0.4, 0.5) is 11.4 Å². The molecule has 0 saturated heterocycles. The van der Waals surface area contributed by atoms with Crippen LogP contribution in [0.25, 0.3) is 0 Å². The fourth-order valence-corrected chi connectivity index (χ4v) is 1.63. The third-order valence-electron chi connectivity index (χ3n) is 2.25. The Bertz CT molecular complexity index is 384. The lowest BCUT2D eigenvalue weighted by Crippen LogP contribution is -2.29. The second-order valence-corrected chi connectivity index (χ2v) is 4.35. The van der Waals surface area contributed by atoms with E-state index in [1.807, 2.05) is 14.0 Å². The van der Waals surface area contributed by atoms with Gasteiger partial charge in [-0.1, -0.05) is 0 Å². The van der Waals surface area contributed by atoms with Gasteiger partial charge in [-0.25, -0.2) is 0 Å². The molecule has 0 spiro atoms. The Morgan fingerprint density at radius 2 is 2.25 bits per heavy atom. The van der Waals surface area contributed by atoms with Crippen molar-refractivity contribution in [2.75, 3.05) is 18.9 Å². The van der Waals surface area contributed by atoms with Gasteiger partial charge in [-0.15, -0.1) is 0 Å². The van der Waals surface area contributed by atoms with Crippen molar-refractivity contribution >= 4 is 27.3 Å². The Hall–Kier alpha value is -1.14. The van der Waals surface area contributed by atoms with Crippen molar-refractivity contribution in [3.63, 3.8) is 0 Å². The molecule has 16 heavy (non-hydrogen) atoms. The van der Waals surface area contributed by atoms with Gasteiger partial charge in [0.05, 0.1) is 4.92 Å². The topological polar surface area (TPSA) is 67.2 Å². The molecule has 0 aliphatic rings. The first-order chi connectivity index (χ1) is 7.54. The molecule has 2 N–H and O–H groups in total. The minimum Gasteiger partial charge on any atom is -0.383 e. The van der Waals surface area contributed by atoms with Crippen molar-refractivity contribution in [2.45, 2.75) is 13.0 Å². The molecule has 5 nitrogen and oxygen atoms in total. The van der Waals surface area contributed by atoms with Gasteiger partial charge in [-0.3, -0.25) is 10.1 Å². The quantitative estimate of drug-likeness (QED) is 0.645. The van der Waals surface area contributed by atoms with E-state index in [1.54, 1.807) is 6.07 Å². The van der Waals surface area contributed by atoms with Crippen LogP contribution in [0.3, 0.4) is 0 Å². The second-order valence-electron chi connectivity index (χ2n) is 3.49. The number of hydrogen-bond acceptors (Lipinski definition) is 4. The molecule has 88 valence electrons. The van der Waals surface area contributed by atoms with Gasteiger partial charge < -0.3 is 10.6 Å². The van der Waals surface area contributed by atoms with Crippen LogP contribution < -0.4 is 10.6 Å². The predicted octanol–water partition coefficient (Wildman–Crippen LogP) is 2.38. The molecule has 0 aliphatic carbocycles. The number of nitro groups is 1. The molecule has 0 radical (unpaired) electrons. The molecule has 1 aromatic carbocycles. The molecule has 0 bridgehead atoms. The molecule has 6 heteroatoms. The van der Waals surface area contributed by atoms with Crippen molar-refractivity contribution in [1.82, 2.24) is 5.32 Å². The third kappa shape index (κ3) is 3.46. The van der Waals surface area contributed by atoms with Crippen molar-refractivity contribution in [3.8, 4) is 0 Å². The maximum Gasteiger partial charge on any atom is 0.270 e. The summed E-state index contributed by atoms with van der Waals surface area (Å²) in [7, 11) is 1.89. The SMILES string of the molecule is CNC(C)CNc1ccc([N+](=O)[O-])cc1Br. The van der Waals surface area contributed by atoms with Gasteiger partial charge in [-0.05, 0) is 36.0 Å². The number of likely N-dealkylation sites (N-methyl/N-ethyl adjacent to an activating group) is 1. The number of anilines is 1. The van der Waals surface area contributed by atoms with Gasteiger partial charge >= 0.3 is 0 Å². The smallest absolute Gasteiger partial charge is 0.270 e. The number of non-ortho nitro benzene ring substituents is 1. The van der Waals surface area contributed by atoms with Gasteiger partial charge in [0.1, 0.15) is 0 Å². The summed E-state index contributed by atoms with van der Waals surface area (Å²) >= 11 is 3.30. The highest BCUT2D eigenvalue weighted by Gasteiger charge is 2.09. The summed E-state index contributed by atoms with van der Waals surface area (Å²) in [6.07, 6.45) is 0. The molecule has 1 unspecified atom stereocenters. The Kier molecular flexibility index (Phi) is 4.70. The summed E-state index contributed by atoms with van der Waals surface area (Å²) < 4.78 is 0.699. The second kappa shape index (κ2) is 5.81. The Morgan fingerprint density at radius 1 is 1.56 bits per heavy atom. The van der Waals surface area contributed by atoms with Crippen LogP contribution in [-0.2, 0) is 0 Å². The van der Waals surface area contributed by atoms with Crippen LogP contribution in [0, 0.1) is 10.1 Å². The first kappa shape index (κ1) is 12.9. The maximum absolute atomic E-state index is 10.5. The van der Waals surface area contributed by atoms with E-state index in [0.29, 0.717) is 10.5 Å². The zero-order valence-corrected chi connectivity index (χ0v) is 10.7. The highest BCUT2D eigenvalue weighted by Crippen LogP contribution is 2.26. The summed E-state index contributed by atoms with van der Waals surface area (Å²) in [5.41, 5.74) is 0.937. The largest absolute Gasteiger partial charge is 0.383 e. The zero-order valence-electron chi connectivity index (χ0n) is 9.16. The van der Waals surface area contributed by atoms with E-state index >= 15 is 0 Å². The van der Waals surface area contributed by atoms with Gasteiger partial charge in [-0.2, -0.15) is 0 Å². The van der Waals surface area contributed by atoms with Crippen LogP contribution in [0.5, 0.6) is 0 Å². The number of hydrogen-bond donors (Lipinski definition) is 2. The summed E-state index contributed by atoms with van der Waals surface area (Å²) in [5, 5.41) is 16.8. The van der Waals surface area contributed by atoms with E-state index in [0.717, 1.165) is 12.2 Å². The average Bonchev–Trinajstić information content (AvgIpc) is 2.26. The minimum atomic E-state index is -0.412. The molecule has 0 fully saturated rings. The molecule has 1 atom stereocenters. The van der Waals surface area contributed by atoms with Crippen LogP contribution in [0.15, 0.2) is 22.7 Å². The minimum absolute atomic E-state index is 0.0825. The molecule has 1 aromatic rings. The summed E-state index contributed by atoms with van der Waals surface area (Å²) in [6, 6.07) is 5.01. The summed E-state index contributed by atoms with van der Waals surface area (Å²) in [5.74, 6) is 0. The monoisotopic (exact) mass is 287 g/mol. The van der Waals surface area contributed by atoms with Crippen molar-refractivity contribution in [3.05, 3.63) is 32.8 Å². The van der Waals surface area contributed by atoms with E-state index in [2.05, 4.69) is 26.6 Å². The highest BCUT2D eigenvalue weighted by molar-refractivity contribution is 9.10. The molecular weight excluding hydrogens is 274 g/mol. The Labute approximate surface area is 103 Å². The molecule has 0 heterocycles. The van der Waals surface area contributed by atoms with Crippen molar-refractivity contribution in [1.29, 1.82) is 0 Å². The van der Waals surface area contributed by atoms with Crippen molar-refractivity contribution < 1.29 is 4.92 Å². The Balaban J connectivity index is 2.72. The molecule has 1 rings (SSSR count). The molecule has 0 aliphatic heterocycles. The van der Waals surface area contributed by atoms with Gasteiger partial charge in [0.15, 0.2) is 0 Å². The first-order valence-electron chi connectivity index (χ1n) is 4.89. The number of nitro benzene ring substituents is 1. The van der Waals surface area contributed by atoms with E-state index in [4.69, 9.17) is 0 Å². The Morgan fingerprint density at radius 3 is 2.75 bits per heavy atom. The number of nitrogens with zero attached hydrogens (tertiary/aromatic N) is 1. The van der Waals surface area contributed by atoms with Gasteiger partial charge in [0, 0.05) is 34.9 Å². The van der Waals surface area contributed by atoms with E-state index in [9.17, 15) is 10.1 Å². The number of rotatable bonds is 5. The molecule has 0 amide bonds. The summed E-state index contributed by atoms with van der Waals surface area (Å²) in [4.78, 5) is 10.1. The van der Waals surface area contributed by atoms with Crippen LogP contribution in [0.1, 0.15) is 6.92 Å². The standard InChI is InChI=1S/C10H14BrN3O2/c1-7(12-2)6-13-10-4-3-8(14(15)16)5-9(10)11/h3-5,7,12-13H,6H2,1-2H3. The highest BCUT2D eigenvalue weighted by atomic mass is 79.9. The number of benzene rings is 1. The van der Waals surface area contributed by atoms with Gasteiger partial charge in [0.25, 0.3) is 5.69 Å². The van der Waals surface area contributed by atoms with Crippen LogP contribution >= 0.6 is 15.9 Å². The predicted molar refractivity (Wildman–Crippen MR) is 67.8 cm³/mol. The lowest BCUT2D eigenvalue weighted by molar-refractivity contribution is -0.384. The van der Waals surface area contributed by atoms with Gasteiger partial charge in [0.2, 0.25) is 0 Å². The third-order valence-corrected chi connectivity index (χ3v) is 2.91. The van der Waals surface area contributed by atoms with E-state index in [1.165, 1.54) is 12.1 Å². The average molecular weight is 288 g/mol. The van der Waals surface area contributed by atoms with Crippen LogP contribution in [-0.4, -0.2) is 24.6 Å². The first-order valence-corrected chi connectivity index (χ1v) is 5.69. The van der Waals surface area contributed by atoms with Crippen molar-refractivity contribution in [2.24, 2.45) is 0 Å². The number of nitrogens with one attached hydrogen (secondary N) is 2. The molecule has 0 saturated carbocycles. The van der Waals surface area contributed by atoms with E-state index < -0.39 is 4.92 Å². The normalized spacial score (nSPS) is 12.2. The maximum atomic E-state index is 10.5. The lowest BCUT2D eigenvalue weighted by atomic mass is 10.2. The summed E-state index contributed by atoms with van der Waals surface area (Å²) in [6.45, 7) is 2.80.